The topological polar surface area (TPSA) is 43.6 Å². The molecule has 0 aliphatic heterocycles. The molecule has 1 heterocycles. The van der Waals surface area contributed by atoms with Crippen LogP contribution < -0.4 is 0 Å². The summed E-state index contributed by atoms with van der Waals surface area (Å²) in [5.41, 5.74) is 0.353. The number of tetrazole rings is 1. The lowest BCUT2D eigenvalue weighted by molar-refractivity contribution is 0.243. The number of aromatic nitrogens is 4. The molecule has 0 spiro atoms. The monoisotopic (exact) mass is 266 g/mol. The van der Waals surface area contributed by atoms with E-state index in [4.69, 9.17) is 0 Å². The van der Waals surface area contributed by atoms with Crippen LogP contribution in [0.15, 0.2) is 0 Å². The zero-order chi connectivity index (χ0) is 14.1. The Morgan fingerprint density at radius 1 is 1.00 bits per heavy atom. The molecule has 1 rings (SSSR count). The minimum atomic E-state index is 0.353. The van der Waals surface area contributed by atoms with Crippen molar-refractivity contribution >= 4 is 0 Å². The van der Waals surface area contributed by atoms with Crippen LogP contribution in [0, 0.1) is 5.41 Å². The van der Waals surface area contributed by atoms with Crippen LogP contribution in [-0.4, -0.2) is 20.2 Å². The molecule has 1 atom stereocenters. The molecule has 0 aliphatic carbocycles. The van der Waals surface area contributed by atoms with Crippen LogP contribution in [0.1, 0.15) is 78.0 Å². The van der Waals surface area contributed by atoms with Gasteiger partial charge in [-0.2, -0.15) is 0 Å². The Morgan fingerprint density at radius 3 is 2.26 bits per heavy atom. The van der Waals surface area contributed by atoms with Gasteiger partial charge < -0.3 is 0 Å². The lowest BCUT2D eigenvalue weighted by atomic mass is 9.77. The smallest absolute Gasteiger partial charge is 0.151 e. The van der Waals surface area contributed by atoms with Crippen LogP contribution in [0.3, 0.4) is 0 Å². The number of aryl methyl sites for hydroxylation is 1. The fraction of sp³-hybridized carbons (Fsp3) is 0.933. The minimum absolute atomic E-state index is 0.353. The van der Waals surface area contributed by atoms with Gasteiger partial charge in [-0.1, -0.05) is 59.3 Å². The fourth-order valence-corrected chi connectivity index (χ4v) is 2.66. The molecule has 0 amide bonds. The van der Waals surface area contributed by atoms with Crippen LogP contribution in [0.5, 0.6) is 0 Å². The van der Waals surface area contributed by atoms with E-state index in [2.05, 4.69) is 36.3 Å². The Hall–Kier alpha value is -0.930. The highest BCUT2D eigenvalue weighted by molar-refractivity contribution is 4.89. The molecule has 4 heteroatoms. The average molecular weight is 266 g/mol. The van der Waals surface area contributed by atoms with Gasteiger partial charge in [0.05, 0.1) is 0 Å². The maximum absolute atomic E-state index is 4.16. The SMILES string of the molecule is CCCCCCC(C)(CCCC)Cc1nnnn1C. The van der Waals surface area contributed by atoms with Crippen molar-refractivity contribution in [3.8, 4) is 0 Å². The third-order valence-corrected chi connectivity index (χ3v) is 4.06. The van der Waals surface area contributed by atoms with Crippen molar-refractivity contribution in [3.63, 3.8) is 0 Å². The van der Waals surface area contributed by atoms with E-state index in [-0.39, 0.29) is 0 Å². The molecule has 0 radical (unpaired) electrons. The maximum Gasteiger partial charge on any atom is 0.151 e. The van der Waals surface area contributed by atoms with E-state index in [1.165, 1.54) is 51.4 Å². The second-order valence-corrected chi connectivity index (χ2v) is 6.12. The van der Waals surface area contributed by atoms with Gasteiger partial charge in [0.15, 0.2) is 5.82 Å². The van der Waals surface area contributed by atoms with Gasteiger partial charge in [-0.3, -0.25) is 0 Å². The van der Waals surface area contributed by atoms with Crippen molar-refractivity contribution in [2.45, 2.75) is 78.6 Å². The Morgan fingerprint density at radius 2 is 1.68 bits per heavy atom. The Labute approximate surface area is 118 Å². The fourth-order valence-electron chi connectivity index (χ4n) is 2.66. The van der Waals surface area contributed by atoms with E-state index in [1.54, 1.807) is 0 Å². The average Bonchev–Trinajstić information content (AvgIpc) is 2.78. The zero-order valence-corrected chi connectivity index (χ0v) is 13.2. The lowest BCUT2D eigenvalue weighted by Gasteiger charge is -2.29. The largest absolute Gasteiger partial charge is 0.233 e. The number of hydrogen-bond acceptors (Lipinski definition) is 3. The first-order valence-corrected chi connectivity index (χ1v) is 7.82. The zero-order valence-electron chi connectivity index (χ0n) is 13.2. The van der Waals surface area contributed by atoms with Crippen molar-refractivity contribution in [1.29, 1.82) is 0 Å². The van der Waals surface area contributed by atoms with Gasteiger partial charge in [0, 0.05) is 13.5 Å². The molecule has 19 heavy (non-hydrogen) atoms. The number of rotatable bonds is 10. The summed E-state index contributed by atoms with van der Waals surface area (Å²) in [4.78, 5) is 0. The van der Waals surface area contributed by atoms with Crippen LogP contribution in [0.2, 0.25) is 0 Å². The van der Waals surface area contributed by atoms with Crippen LogP contribution in [0.25, 0.3) is 0 Å². The van der Waals surface area contributed by atoms with E-state index >= 15 is 0 Å². The summed E-state index contributed by atoms with van der Waals surface area (Å²) >= 11 is 0. The second-order valence-electron chi connectivity index (χ2n) is 6.12. The molecular weight excluding hydrogens is 236 g/mol. The second kappa shape index (κ2) is 8.28. The molecule has 4 nitrogen and oxygen atoms in total. The Balaban J connectivity index is 2.55. The summed E-state index contributed by atoms with van der Waals surface area (Å²) in [6, 6.07) is 0. The summed E-state index contributed by atoms with van der Waals surface area (Å²) in [6.45, 7) is 6.94. The van der Waals surface area contributed by atoms with Crippen LogP contribution in [0.4, 0.5) is 0 Å². The molecule has 110 valence electrons. The van der Waals surface area contributed by atoms with Gasteiger partial charge in [0.25, 0.3) is 0 Å². The summed E-state index contributed by atoms with van der Waals surface area (Å²) in [5, 5.41) is 11.9. The Kier molecular flexibility index (Phi) is 7.03. The van der Waals surface area contributed by atoms with Gasteiger partial charge in [0.2, 0.25) is 0 Å². The molecule has 0 aromatic carbocycles. The summed E-state index contributed by atoms with van der Waals surface area (Å²) in [5.74, 6) is 1.02. The van der Waals surface area contributed by atoms with E-state index in [0.29, 0.717) is 5.41 Å². The van der Waals surface area contributed by atoms with Gasteiger partial charge in [-0.25, -0.2) is 4.68 Å². The first kappa shape index (κ1) is 16.1. The van der Waals surface area contributed by atoms with E-state index in [1.807, 2.05) is 11.7 Å². The third-order valence-electron chi connectivity index (χ3n) is 4.06. The molecule has 0 saturated carbocycles. The summed E-state index contributed by atoms with van der Waals surface area (Å²) in [7, 11) is 1.94. The molecular formula is C15H30N4. The van der Waals surface area contributed by atoms with Crippen LogP contribution in [-0.2, 0) is 13.5 Å². The number of nitrogens with zero attached hydrogens (tertiary/aromatic N) is 4. The highest BCUT2D eigenvalue weighted by atomic mass is 15.5. The van der Waals surface area contributed by atoms with E-state index < -0.39 is 0 Å². The highest BCUT2D eigenvalue weighted by Crippen LogP contribution is 2.34. The van der Waals surface area contributed by atoms with Gasteiger partial charge in [-0.15, -0.1) is 5.10 Å². The molecule has 0 bridgehead atoms. The van der Waals surface area contributed by atoms with Gasteiger partial charge >= 0.3 is 0 Å². The van der Waals surface area contributed by atoms with E-state index in [9.17, 15) is 0 Å². The van der Waals surface area contributed by atoms with Crippen LogP contribution >= 0.6 is 0 Å². The first-order valence-electron chi connectivity index (χ1n) is 7.82. The van der Waals surface area contributed by atoms with Crippen molar-refractivity contribution in [2.75, 3.05) is 0 Å². The quantitative estimate of drug-likeness (QED) is 0.603. The summed E-state index contributed by atoms with van der Waals surface area (Å²) < 4.78 is 1.82. The predicted molar refractivity (Wildman–Crippen MR) is 78.9 cm³/mol. The van der Waals surface area contributed by atoms with Gasteiger partial charge in [0.1, 0.15) is 0 Å². The van der Waals surface area contributed by atoms with Gasteiger partial charge in [-0.05, 0) is 28.7 Å². The van der Waals surface area contributed by atoms with Crippen molar-refractivity contribution in [1.82, 2.24) is 20.2 Å². The van der Waals surface area contributed by atoms with Crippen molar-refractivity contribution < 1.29 is 0 Å². The molecule has 0 N–H and O–H groups in total. The standard InChI is InChI=1S/C15H30N4/c1-5-7-9-10-12-15(3,11-8-6-2)13-14-16-17-18-19(14)4/h5-13H2,1-4H3. The molecule has 1 aromatic heterocycles. The normalized spacial score (nSPS) is 14.5. The van der Waals surface area contributed by atoms with Crippen molar-refractivity contribution in [2.24, 2.45) is 12.5 Å². The molecule has 0 aliphatic rings. The molecule has 0 fully saturated rings. The highest BCUT2D eigenvalue weighted by Gasteiger charge is 2.26. The lowest BCUT2D eigenvalue weighted by Crippen LogP contribution is -2.22. The number of unbranched alkanes of at least 4 members (excludes halogenated alkanes) is 4. The molecule has 0 saturated heterocycles. The number of hydrogen-bond donors (Lipinski definition) is 0. The minimum Gasteiger partial charge on any atom is -0.233 e. The summed E-state index contributed by atoms with van der Waals surface area (Å²) in [6.07, 6.45) is 11.5. The Bertz CT molecular complexity index is 348. The van der Waals surface area contributed by atoms with E-state index in [0.717, 1.165) is 12.2 Å². The predicted octanol–water partition coefficient (Wildman–Crippen LogP) is 3.92. The molecule has 1 unspecified atom stereocenters. The first-order chi connectivity index (χ1) is 9.11. The molecule has 1 aromatic rings. The maximum atomic E-state index is 4.16. The third kappa shape index (κ3) is 5.70. The van der Waals surface area contributed by atoms with Crippen molar-refractivity contribution in [3.05, 3.63) is 5.82 Å².